The number of hydrogen-bond donors (Lipinski definition) is 2. The van der Waals surface area contributed by atoms with Crippen LogP contribution >= 0.6 is 0 Å². The molecule has 2 heterocycles. The van der Waals surface area contributed by atoms with E-state index in [1.807, 2.05) is 60.2 Å². The van der Waals surface area contributed by atoms with Crippen LogP contribution in [0.15, 0.2) is 42.7 Å². The Morgan fingerprint density at radius 2 is 1.76 bits per heavy atom. The van der Waals surface area contributed by atoms with Gasteiger partial charge in [-0.1, -0.05) is 43.5 Å². The average Bonchev–Trinajstić information content (AvgIpc) is 3.26. The van der Waals surface area contributed by atoms with Crippen molar-refractivity contribution in [3.05, 3.63) is 70.5 Å². The molecule has 0 spiro atoms. The molecule has 9 heteroatoms. The van der Waals surface area contributed by atoms with Crippen molar-refractivity contribution in [1.29, 1.82) is 0 Å². The SMILES string of the molecule is CCCCCc1cc(-c2cnn(C)c2)c(C(F)F)cc1C.CNC.CNC.Cc1ccc2c(c1)CN(C=O)CCO2. The Kier molecular flexibility index (Phi) is 17.2. The first-order chi connectivity index (χ1) is 19.6. The first-order valence-corrected chi connectivity index (χ1v) is 14.1. The van der Waals surface area contributed by atoms with Crippen molar-refractivity contribution in [3.8, 4) is 16.9 Å². The van der Waals surface area contributed by atoms with Crippen LogP contribution in [0, 0.1) is 13.8 Å². The highest BCUT2D eigenvalue weighted by molar-refractivity contribution is 5.68. The van der Waals surface area contributed by atoms with Crippen LogP contribution in [0.25, 0.3) is 11.1 Å². The molecule has 228 valence electrons. The number of fused-ring (bicyclic) bond motifs is 1. The lowest BCUT2D eigenvalue weighted by molar-refractivity contribution is -0.118. The molecule has 0 unspecified atom stereocenters. The quantitative estimate of drug-likeness (QED) is 0.265. The van der Waals surface area contributed by atoms with E-state index < -0.39 is 6.43 Å². The lowest BCUT2D eigenvalue weighted by atomic mass is 9.93. The number of aryl methyl sites for hydroxylation is 4. The second-order valence-corrected chi connectivity index (χ2v) is 10.1. The summed E-state index contributed by atoms with van der Waals surface area (Å²) in [5, 5.41) is 9.59. The fourth-order valence-electron chi connectivity index (χ4n) is 4.23. The highest BCUT2D eigenvalue weighted by Crippen LogP contribution is 2.34. The van der Waals surface area contributed by atoms with Crippen LogP contribution in [0.1, 0.15) is 60.4 Å². The lowest BCUT2D eigenvalue weighted by Crippen LogP contribution is -2.23. The van der Waals surface area contributed by atoms with Crippen molar-refractivity contribution < 1.29 is 18.3 Å². The topological polar surface area (TPSA) is 71.4 Å². The average molecular weight is 574 g/mol. The Balaban J connectivity index is 0.000000361. The standard InChI is InChI=1S/C17H22F2N2.C11H13NO2.2C2H7N/c1-4-5-6-7-13-9-15(14-10-20-21(3)11-14)16(17(18)19)8-12(13)2;1-9-2-3-11-10(6-9)7-12(8-13)4-5-14-11;2*1-3-2/h8-11,17H,4-7H2,1-3H3;2-3,6,8H,4-5,7H2,1H3;2*3H,1-2H3. The molecule has 0 saturated heterocycles. The Labute approximate surface area is 245 Å². The van der Waals surface area contributed by atoms with Crippen LogP contribution in [0.4, 0.5) is 8.78 Å². The summed E-state index contributed by atoms with van der Waals surface area (Å²) >= 11 is 0. The zero-order valence-corrected chi connectivity index (χ0v) is 26.1. The number of nitrogens with one attached hydrogen (secondary N) is 2. The van der Waals surface area contributed by atoms with Crippen molar-refractivity contribution in [2.75, 3.05) is 41.3 Å². The summed E-state index contributed by atoms with van der Waals surface area (Å²) < 4.78 is 33.8. The fourth-order valence-corrected chi connectivity index (χ4v) is 4.23. The summed E-state index contributed by atoms with van der Waals surface area (Å²) in [6.45, 7) is 8.01. The summed E-state index contributed by atoms with van der Waals surface area (Å²) in [5.74, 6) is 0.903. The van der Waals surface area contributed by atoms with Gasteiger partial charge in [-0.2, -0.15) is 5.10 Å². The van der Waals surface area contributed by atoms with Crippen molar-refractivity contribution in [2.45, 2.75) is 59.4 Å². The molecule has 0 aliphatic carbocycles. The van der Waals surface area contributed by atoms with Crippen LogP contribution in [-0.4, -0.2) is 62.4 Å². The van der Waals surface area contributed by atoms with Gasteiger partial charge in [0.15, 0.2) is 0 Å². The normalized spacial score (nSPS) is 11.9. The highest BCUT2D eigenvalue weighted by atomic mass is 19.3. The van der Waals surface area contributed by atoms with E-state index in [1.165, 1.54) is 5.56 Å². The van der Waals surface area contributed by atoms with Gasteiger partial charge in [-0.3, -0.25) is 9.48 Å². The molecule has 0 bridgehead atoms. The first-order valence-electron chi connectivity index (χ1n) is 14.1. The van der Waals surface area contributed by atoms with E-state index in [1.54, 1.807) is 35.1 Å². The number of aromatic nitrogens is 2. The number of ether oxygens (including phenoxy) is 1. The summed E-state index contributed by atoms with van der Waals surface area (Å²) in [5.41, 5.74) is 5.86. The van der Waals surface area contributed by atoms with E-state index >= 15 is 0 Å². The van der Waals surface area contributed by atoms with Gasteiger partial charge >= 0.3 is 0 Å². The maximum atomic E-state index is 13.3. The number of carbonyl (C=O) groups excluding carboxylic acids is 1. The third-order valence-electron chi connectivity index (χ3n) is 6.18. The maximum Gasteiger partial charge on any atom is 0.264 e. The molecule has 0 atom stereocenters. The summed E-state index contributed by atoms with van der Waals surface area (Å²) in [4.78, 5) is 12.4. The van der Waals surface area contributed by atoms with E-state index in [9.17, 15) is 13.6 Å². The Hall–Kier alpha value is -3.30. The van der Waals surface area contributed by atoms with Crippen LogP contribution in [0.5, 0.6) is 5.75 Å². The van der Waals surface area contributed by atoms with Gasteiger partial charge in [0.25, 0.3) is 6.43 Å². The molecule has 2 aromatic carbocycles. The van der Waals surface area contributed by atoms with Gasteiger partial charge < -0.3 is 20.3 Å². The Morgan fingerprint density at radius 3 is 2.32 bits per heavy atom. The van der Waals surface area contributed by atoms with E-state index in [2.05, 4.69) is 28.7 Å². The molecule has 41 heavy (non-hydrogen) atoms. The highest BCUT2D eigenvalue weighted by Gasteiger charge is 2.18. The third-order valence-corrected chi connectivity index (χ3v) is 6.18. The van der Waals surface area contributed by atoms with Gasteiger partial charge in [0, 0.05) is 36.5 Å². The number of alkyl halides is 2. The lowest BCUT2D eigenvalue weighted by Gasteiger charge is -2.13. The molecule has 1 amide bonds. The second kappa shape index (κ2) is 19.7. The second-order valence-electron chi connectivity index (χ2n) is 10.1. The van der Waals surface area contributed by atoms with Gasteiger partial charge in [0.2, 0.25) is 6.41 Å². The van der Waals surface area contributed by atoms with Gasteiger partial charge in [-0.15, -0.1) is 0 Å². The Morgan fingerprint density at radius 1 is 1.07 bits per heavy atom. The molecule has 1 aliphatic rings. The predicted molar refractivity (Wildman–Crippen MR) is 165 cm³/mol. The minimum atomic E-state index is -2.47. The van der Waals surface area contributed by atoms with Crippen molar-refractivity contribution in [2.24, 2.45) is 7.05 Å². The molecule has 2 N–H and O–H groups in total. The number of nitrogens with zero attached hydrogens (tertiary/aromatic N) is 3. The molecule has 1 aliphatic heterocycles. The molecule has 1 aromatic heterocycles. The molecule has 0 saturated carbocycles. The number of amides is 1. The summed E-state index contributed by atoms with van der Waals surface area (Å²) in [6, 6.07) is 9.61. The van der Waals surface area contributed by atoms with Crippen molar-refractivity contribution in [3.63, 3.8) is 0 Å². The minimum Gasteiger partial charge on any atom is -0.491 e. The Bertz CT molecular complexity index is 1160. The van der Waals surface area contributed by atoms with Crippen molar-refractivity contribution in [1.82, 2.24) is 25.3 Å². The molecule has 0 fully saturated rings. The zero-order valence-electron chi connectivity index (χ0n) is 26.1. The van der Waals surface area contributed by atoms with E-state index in [4.69, 9.17) is 4.74 Å². The van der Waals surface area contributed by atoms with Crippen LogP contribution < -0.4 is 15.4 Å². The van der Waals surface area contributed by atoms with Gasteiger partial charge in [-0.25, -0.2) is 8.78 Å². The van der Waals surface area contributed by atoms with Crippen LogP contribution in [0.2, 0.25) is 0 Å². The number of benzene rings is 2. The van der Waals surface area contributed by atoms with Gasteiger partial charge in [0.1, 0.15) is 12.4 Å². The zero-order chi connectivity index (χ0) is 30.8. The van der Waals surface area contributed by atoms with Gasteiger partial charge in [0.05, 0.1) is 12.7 Å². The molecule has 4 rings (SSSR count). The molecular weight excluding hydrogens is 524 g/mol. The number of halogens is 2. The summed E-state index contributed by atoms with van der Waals surface area (Å²) in [6.07, 6.45) is 6.19. The van der Waals surface area contributed by atoms with Crippen LogP contribution in [0.3, 0.4) is 0 Å². The number of unbranched alkanes of at least 4 members (excludes halogenated alkanes) is 2. The molecule has 0 radical (unpaired) electrons. The minimum absolute atomic E-state index is 0.0970. The van der Waals surface area contributed by atoms with Crippen molar-refractivity contribution >= 4 is 6.41 Å². The molecule has 3 aromatic rings. The van der Waals surface area contributed by atoms with E-state index in [-0.39, 0.29) is 5.56 Å². The van der Waals surface area contributed by atoms with E-state index in [0.717, 1.165) is 60.1 Å². The fraction of sp³-hybridized carbons (Fsp3) is 0.500. The van der Waals surface area contributed by atoms with Gasteiger partial charge in [-0.05, 0) is 83.7 Å². The smallest absolute Gasteiger partial charge is 0.264 e. The van der Waals surface area contributed by atoms with Crippen LogP contribution in [-0.2, 0) is 24.8 Å². The molecular formula is C32H49F2N5O2. The predicted octanol–water partition coefficient (Wildman–Crippen LogP) is 6.08. The van der Waals surface area contributed by atoms with E-state index in [0.29, 0.717) is 25.3 Å². The number of rotatable bonds is 7. The third kappa shape index (κ3) is 12.4. The number of carbonyl (C=O) groups is 1. The monoisotopic (exact) mass is 573 g/mol. The maximum absolute atomic E-state index is 13.3. The molecule has 7 nitrogen and oxygen atoms in total. The largest absolute Gasteiger partial charge is 0.491 e. The summed E-state index contributed by atoms with van der Waals surface area (Å²) in [7, 11) is 9.29. The first kappa shape index (κ1) is 35.7. The number of hydrogen-bond acceptors (Lipinski definition) is 5.